The minimum Gasteiger partial charge on any atom is -0.507 e. The molecule has 0 amide bonds. The molecule has 7 heteroatoms. The first-order valence-corrected chi connectivity index (χ1v) is 14.9. The number of phenols is 1. The van der Waals surface area contributed by atoms with Gasteiger partial charge in [0.25, 0.3) is 0 Å². The Hall–Kier alpha value is -3.55. The average molecular weight is 559 g/mol. The molecule has 41 heavy (non-hydrogen) atoms. The normalized spacial score (nSPS) is 16.3. The summed E-state index contributed by atoms with van der Waals surface area (Å²) in [7, 11) is 0. The Bertz CT molecular complexity index is 1510. The number of carbonyl (C=O) groups is 1. The van der Waals surface area contributed by atoms with Crippen LogP contribution >= 0.6 is 0 Å². The molecule has 0 saturated heterocycles. The predicted octanol–water partition coefficient (Wildman–Crippen LogP) is 7.16. The number of rotatable bonds is 12. The Balaban J connectivity index is 1.71. The smallest absolute Gasteiger partial charge is 0.342 e. The molecule has 1 aromatic heterocycles. The number of aryl methyl sites for hydroxylation is 1. The number of nitrogens with one attached hydrogen (secondary N) is 1. The summed E-state index contributed by atoms with van der Waals surface area (Å²) in [4.78, 5) is 13.3. The number of benzene rings is 2. The van der Waals surface area contributed by atoms with E-state index in [1.54, 1.807) is 13.8 Å². The Morgan fingerprint density at radius 3 is 2.80 bits per heavy atom. The lowest BCUT2D eigenvalue weighted by Gasteiger charge is -2.24. The van der Waals surface area contributed by atoms with Crippen molar-refractivity contribution >= 4 is 27.7 Å². The Morgan fingerprint density at radius 2 is 2.05 bits per heavy atom. The van der Waals surface area contributed by atoms with E-state index in [4.69, 9.17) is 19.6 Å². The summed E-state index contributed by atoms with van der Waals surface area (Å²) in [6.07, 6.45) is 15.2. The van der Waals surface area contributed by atoms with E-state index in [0.717, 1.165) is 30.8 Å². The molecule has 4 N–H and O–H groups in total. The molecule has 5 rings (SSSR count). The Morgan fingerprint density at radius 1 is 1.22 bits per heavy atom. The van der Waals surface area contributed by atoms with Crippen LogP contribution in [0.2, 0.25) is 0 Å². The molecule has 0 spiro atoms. The van der Waals surface area contributed by atoms with Crippen LogP contribution in [0.25, 0.3) is 21.7 Å². The van der Waals surface area contributed by atoms with Crippen molar-refractivity contribution in [3.8, 4) is 11.5 Å². The van der Waals surface area contributed by atoms with Gasteiger partial charge in [-0.3, -0.25) is 0 Å². The average Bonchev–Trinajstić information content (AvgIpc) is 3.71. The quantitative estimate of drug-likeness (QED) is 0.160. The number of phenolic OH excluding ortho intramolecular Hbond substituents is 1. The first-order valence-electron chi connectivity index (χ1n) is 14.9. The lowest BCUT2D eigenvalue weighted by Crippen LogP contribution is -2.28. The summed E-state index contributed by atoms with van der Waals surface area (Å²) in [6, 6.07) is 5.21. The Kier molecular flexibility index (Phi) is 9.15. The van der Waals surface area contributed by atoms with Gasteiger partial charge >= 0.3 is 5.97 Å². The van der Waals surface area contributed by atoms with Gasteiger partial charge in [-0.25, -0.2) is 4.79 Å². The van der Waals surface area contributed by atoms with Crippen LogP contribution in [0.4, 0.5) is 0 Å². The molecule has 0 radical (unpaired) electrons. The molecule has 2 aromatic carbocycles. The largest absolute Gasteiger partial charge is 0.507 e. The number of furan rings is 1. The fourth-order valence-corrected chi connectivity index (χ4v) is 5.68. The maximum absolute atomic E-state index is 13.3. The third-order valence-electron chi connectivity index (χ3n) is 7.99. The van der Waals surface area contributed by atoms with E-state index in [-0.39, 0.29) is 12.4 Å². The fraction of sp³-hybridized carbons (Fsp3) is 0.441. The highest BCUT2D eigenvalue weighted by atomic mass is 16.5. The summed E-state index contributed by atoms with van der Waals surface area (Å²) in [5.41, 5.74) is 9.58. The van der Waals surface area contributed by atoms with Gasteiger partial charge in [0.15, 0.2) is 0 Å². The third-order valence-corrected chi connectivity index (χ3v) is 7.99. The number of ether oxygens (including phenoxy) is 2. The molecule has 2 aliphatic carbocycles. The van der Waals surface area contributed by atoms with Gasteiger partial charge in [0, 0.05) is 34.8 Å². The maximum atomic E-state index is 13.3. The van der Waals surface area contributed by atoms with Gasteiger partial charge in [0.2, 0.25) is 0 Å². The van der Waals surface area contributed by atoms with Crippen molar-refractivity contribution in [1.29, 1.82) is 0 Å². The fourth-order valence-electron chi connectivity index (χ4n) is 5.68. The van der Waals surface area contributed by atoms with Gasteiger partial charge in [0.05, 0.1) is 19.3 Å². The van der Waals surface area contributed by atoms with Crippen LogP contribution in [0, 0.1) is 12.8 Å². The monoisotopic (exact) mass is 558 g/mol. The molecule has 7 nitrogen and oxygen atoms in total. The lowest BCUT2D eigenvalue weighted by atomic mass is 9.88. The molecule has 3 aromatic rings. The van der Waals surface area contributed by atoms with E-state index in [2.05, 4.69) is 36.5 Å². The predicted molar refractivity (Wildman–Crippen MR) is 164 cm³/mol. The zero-order valence-electron chi connectivity index (χ0n) is 24.4. The molecule has 1 fully saturated rings. The van der Waals surface area contributed by atoms with Crippen LogP contribution in [0.1, 0.15) is 80.1 Å². The molecule has 218 valence electrons. The van der Waals surface area contributed by atoms with E-state index < -0.39 is 12.0 Å². The summed E-state index contributed by atoms with van der Waals surface area (Å²) >= 11 is 0. The van der Waals surface area contributed by atoms with E-state index in [1.165, 1.54) is 24.8 Å². The number of allylic oxidation sites excluding steroid dienone is 4. The first kappa shape index (κ1) is 29.0. The van der Waals surface area contributed by atoms with E-state index in [9.17, 15) is 9.90 Å². The highest BCUT2D eigenvalue weighted by molar-refractivity contribution is 6.17. The van der Waals surface area contributed by atoms with Gasteiger partial charge in [-0.2, -0.15) is 0 Å². The van der Waals surface area contributed by atoms with Crippen LogP contribution in [0.5, 0.6) is 11.5 Å². The summed E-state index contributed by atoms with van der Waals surface area (Å²) < 4.78 is 17.9. The third kappa shape index (κ3) is 6.36. The minimum atomic E-state index is -0.480. The molecule has 1 atom stereocenters. The van der Waals surface area contributed by atoms with Crippen LogP contribution in [-0.4, -0.2) is 37.4 Å². The van der Waals surface area contributed by atoms with E-state index >= 15 is 0 Å². The number of hydrogen-bond acceptors (Lipinski definition) is 7. The first-order chi connectivity index (χ1) is 19.9. The highest BCUT2D eigenvalue weighted by Gasteiger charge is 2.31. The van der Waals surface area contributed by atoms with Crippen molar-refractivity contribution in [2.75, 3.05) is 26.3 Å². The molecular formula is C34H42N2O5. The summed E-state index contributed by atoms with van der Waals surface area (Å²) in [5, 5.41) is 17.4. The van der Waals surface area contributed by atoms with Gasteiger partial charge in [-0.1, -0.05) is 42.7 Å². The molecule has 1 saturated carbocycles. The topological polar surface area (TPSA) is 107 Å². The molecular weight excluding hydrogens is 516 g/mol. The zero-order chi connectivity index (χ0) is 28.9. The van der Waals surface area contributed by atoms with Gasteiger partial charge < -0.3 is 30.0 Å². The second kappa shape index (κ2) is 13.0. The van der Waals surface area contributed by atoms with Crippen molar-refractivity contribution in [2.24, 2.45) is 11.7 Å². The Labute approximate surface area is 242 Å². The van der Waals surface area contributed by atoms with Crippen molar-refractivity contribution in [1.82, 2.24) is 5.32 Å². The zero-order valence-corrected chi connectivity index (χ0v) is 24.4. The van der Waals surface area contributed by atoms with Crippen LogP contribution < -0.4 is 15.8 Å². The van der Waals surface area contributed by atoms with Crippen LogP contribution in [-0.2, 0) is 4.74 Å². The number of esters is 1. The van der Waals surface area contributed by atoms with Crippen molar-refractivity contribution in [3.63, 3.8) is 0 Å². The molecule has 1 unspecified atom stereocenters. The van der Waals surface area contributed by atoms with Gasteiger partial charge in [-0.15, -0.1) is 0 Å². The maximum Gasteiger partial charge on any atom is 0.342 e. The van der Waals surface area contributed by atoms with E-state index in [0.29, 0.717) is 64.1 Å². The number of aromatic hydroxyl groups is 1. The highest BCUT2D eigenvalue weighted by Crippen LogP contribution is 2.47. The van der Waals surface area contributed by atoms with E-state index in [1.807, 2.05) is 18.2 Å². The number of hydrogen-bond donors (Lipinski definition) is 3. The molecule has 0 aliphatic heterocycles. The molecule has 2 aliphatic rings. The summed E-state index contributed by atoms with van der Waals surface area (Å²) in [6.45, 7) is 7.45. The molecule has 1 heterocycles. The van der Waals surface area contributed by atoms with Gasteiger partial charge in [-0.05, 0) is 76.1 Å². The van der Waals surface area contributed by atoms with Crippen molar-refractivity contribution in [2.45, 2.75) is 65.3 Å². The van der Waals surface area contributed by atoms with Crippen molar-refractivity contribution < 1.29 is 23.8 Å². The lowest BCUT2D eigenvalue weighted by molar-refractivity contribution is 0.0526. The SMILES string of the molecule is CCOC(=O)c1c(C)oc2c1c(C(NCCN)C1=CC=C(C)CCC=C1)c(O)c1ccc(OCCCC3CC3)cc12. The van der Waals surface area contributed by atoms with Gasteiger partial charge in [0.1, 0.15) is 28.4 Å². The number of carbonyl (C=O) groups excluding carboxylic acids is 1. The number of nitrogens with two attached hydrogens (primary N) is 1. The second-order valence-corrected chi connectivity index (χ2v) is 11.2. The molecule has 0 bridgehead atoms. The second-order valence-electron chi connectivity index (χ2n) is 11.2. The number of fused-ring (bicyclic) bond motifs is 3. The minimum absolute atomic E-state index is 0.0886. The van der Waals surface area contributed by atoms with Crippen LogP contribution in [0.15, 0.2) is 58.1 Å². The van der Waals surface area contributed by atoms with Crippen LogP contribution in [0.3, 0.4) is 0 Å². The van der Waals surface area contributed by atoms with Crippen molar-refractivity contribution in [3.05, 3.63) is 70.5 Å². The summed E-state index contributed by atoms with van der Waals surface area (Å²) in [5.74, 6) is 1.62. The standard InChI is InChI=1S/C34H42N2O5/c1-4-39-34(38)28-22(3)41-33-27-20-25(40-19-7-9-23-12-13-23)15-16-26(27)32(37)30(29(28)33)31(36-18-17-35)24-10-6-5-8-21(2)11-14-24/h6,10-11,14-16,20,23,31,36-37H,4-5,7-9,12-13,17-19,35H2,1-3H3.